The molecule has 1 aliphatic carbocycles. The predicted octanol–water partition coefficient (Wildman–Crippen LogP) is 2.59. The van der Waals surface area contributed by atoms with Gasteiger partial charge in [-0.15, -0.1) is 0 Å². The van der Waals surface area contributed by atoms with Gasteiger partial charge in [-0.05, 0) is 43.9 Å². The Morgan fingerprint density at radius 2 is 2.11 bits per heavy atom. The van der Waals surface area contributed by atoms with E-state index in [1.54, 1.807) is 0 Å². The zero-order valence-corrected chi connectivity index (χ0v) is 16.1. The third-order valence-electron chi connectivity index (χ3n) is 4.93. The largest absolute Gasteiger partial charge is 0.380 e. The molecule has 0 bridgehead atoms. The van der Waals surface area contributed by atoms with Crippen LogP contribution in [-0.4, -0.2) is 33.1 Å². The van der Waals surface area contributed by atoms with Gasteiger partial charge < -0.3 is 19.4 Å². The molecule has 4 rings (SSSR count). The summed E-state index contributed by atoms with van der Waals surface area (Å²) in [4.78, 5) is 26.5. The van der Waals surface area contributed by atoms with Crippen LogP contribution in [-0.2, 0) is 11.3 Å². The second-order valence-electron chi connectivity index (χ2n) is 6.74. The Kier molecular flexibility index (Phi) is 6.60. The summed E-state index contributed by atoms with van der Waals surface area (Å²) >= 11 is 0. The molecule has 0 spiro atoms. The van der Waals surface area contributed by atoms with Crippen molar-refractivity contribution < 1.29 is 9.53 Å². The van der Waals surface area contributed by atoms with E-state index in [-0.39, 0.29) is 5.56 Å². The molecule has 0 unspecified atom stereocenters. The molecule has 148 valence electrons. The van der Waals surface area contributed by atoms with Crippen molar-refractivity contribution in [3.05, 3.63) is 70.5 Å². The first kappa shape index (κ1) is 19.8. The van der Waals surface area contributed by atoms with Gasteiger partial charge in [0, 0.05) is 43.5 Å². The molecule has 28 heavy (non-hydrogen) atoms. The number of hydrogen-bond donors (Lipinski definition) is 1. The van der Waals surface area contributed by atoms with E-state index in [0.29, 0.717) is 25.3 Å². The Morgan fingerprint density at radius 3 is 2.79 bits per heavy atom. The maximum absolute atomic E-state index is 11.3. The second kappa shape index (κ2) is 9.32. The molecule has 0 aromatic carbocycles. The maximum Gasteiger partial charge on any atom is 0.250 e. The van der Waals surface area contributed by atoms with E-state index in [1.165, 1.54) is 47.9 Å². The topological polar surface area (TPSA) is 91.6 Å². The number of hydrogen-bond acceptors (Lipinski definition) is 4. The van der Waals surface area contributed by atoms with Gasteiger partial charge in [0.15, 0.2) is 0 Å². The van der Waals surface area contributed by atoms with E-state index in [0.717, 1.165) is 11.6 Å². The van der Waals surface area contributed by atoms with E-state index < -0.39 is 5.91 Å². The van der Waals surface area contributed by atoms with Crippen molar-refractivity contribution in [3.8, 4) is 0 Å². The van der Waals surface area contributed by atoms with Crippen molar-refractivity contribution >= 4 is 11.6 Å². The maximum atomic E-state index is 11.3. The standard InChI is InChI=1S/C11H12N2.C10H14N2O3/c1-3-9(4-1)10-5-2-6-11-12-7-8-13(10)11;1-2-15-6-5-12-7-8(10(11)14)3-4-9(12)13/h2,5-9H,1,3-4H2;3-4,7H,2,5-6H2,1H3,(H2,11,14). The Hall–Kier alpha value is -2.93. The summed E-state index contributed by atoms with van der Waals surface area (Å²) in [7, 11) is 0. The van der Waals surface area contributed by atoms with Crippen LogP contribution in [0.4, 0.5) is 0 Å². The highest BCUT2D eigenvalue weighted by Crippen LogP contribution is 2.36. The van der Waals surface area contributed by atoms with Gasteiger partial charge in [-0.2, -0.15) is 0 Å². The quantitative estimate of drug-likeness (QED) is 0.663. The number of nitrogens with two attached hydrogens (primary N) is 1. The molecule has 3 aromatic heterocycles. The van der Waals surface area contributed by atoms with Crippen molar-refractivity contribution in [2.45, 2.75) is 38.6 Å². The first-order valence-corrected chi connectivity index (χ1v) is 9.60. The van der Waals surface area contributed by atoms with Crippen LogP contribution in [0.25, 0.3) is 5.65 Å². The molecule has 1 amide bonds. The third-order valence-corrected chi connectivity index (χ3v) is 4.93. The highest BCUT2D eigenvalue weighted by molar-refractivity contribution is 5.92. The number of carbonyl (C=O) groups excluding carboxylic acids is 1. The summed E-state index contributed by atoms with van der Waals surface area (Å²) in [6.45, 7) is 3.35. The SMILES string of the molecule is CCOCCn1cc(C(N)=O)ccc1=O.c1cc(C2CCC2)n2ccnc2c1. The van der Waals surface area contributed by atoms with E-state index in [9.17, 15) is 9.59 Å². The van der Waals surface area contributed by atoms with Gasteiger partial charge in [-0.3, -0.25) is 9.59 Å². The summed E-state index contributed by atoms with van der Waals surface area (Å²) in [5, 5.41) is 0. The number of pyridine rings is 2. The summed E-state index contributed by atoms with van der Waals surface area (Å²) in [5.41, 5.74) is 7.77. The monoisotopic (exact) mass is 382 g/mol. The Labute approximate surface area is 163 Å². The average molecular weight is 382 g/mol. The van der Waals surface area contributed by atoms with Crippen LogP contribution in [0.5, 0.6) is 0 Å². The molecule has 2 N–H and O–H groups in total. The van der Waals surface area contributed by atoms with Crippen molar-refractivity contribution in [2.24, 2.45) is 5.73 Å². The molecule has 0 atom stereocenters. The Balaban J connectivity index is 0.000000162. The van der Waals surface area contributed by atoms with Crippen LogP contribution in [0.15, 0.2) is 53.7 Å². The normalized spacial score (nSPS) is 13.6. The molecule has 0 saturated heterocycles. The lowest BCUT2D eigenvalue weighted by Crippen LogP contribution is -2.24. The van der Waals surface area contributed by atoms with Gasteiger partial charge in [-0.1, -0.05) is 12.5 Å². The zero-order valence-electron chi connectivity index (χ0n) is 16.1. The first-order valence-electron chi connectivity index (χ1n) is 9.60. The van der Waals surface area contributed by atoms with Gasteiger partial charge in [0.05, 0.1) is 12.2 Å². The smallest absolute Gasteiger partial charge is 0.250 e. The molecule has 3 heterocycles. The van der Waals surface area contributed by atoms with Crippen molar-refractivity contribution in [3.63, 3.8) is 0 Å². The molecule has 1 aliphatic rings. The third kappa shape index (κ3) is 4.67. The number of carbonyl (C=O) groups is 1. The van der Waals surface area contributed by atoms with E-state index >= 15 is 0 Å². The summed E-state index contributed by atoms with van der Waals surface area (Å²) in [5.74, 6) is 0.234. The minimum absolute atomic E-state index is 0.167. The average Bonchev–Trinajstić information content (AvgIpc) is 3.12. The van der Waals surface area contributed by atoms with Crippen LogP contribution in [0.2, 0.25) is 0 Å². The van der Waals surface area contributed by atoms with Gasteiger partial charge in [0.25, 0.3) is 5.56 Å². The summed E-state index contributed by atoms with van der Waals surface area (Å²) in [6, 6.07) is 9.13. The van der Waals surface area contributed by atoms with Crippen LogP contribution in [0.1, 0.15) is 48.2 Å². The van der Waals surface area contributed by atoms with Crippen LogP contribution < -0.4 is 11.3 Å². The van der Waals surface area contributed by atoms with Gasteiger partial charge >= 0.3 is 0 Å². The molecule has 1 fully saturated rings. The van der Waals surface area contributed by atoms with Crippen molar-refractivity contribution in [1.82, 2.24) is 14.0 Å². The number of ether oxygens (including phenoxy) is 1. The number of nitrogens with zero attached hydrogens (tertiary/aromatic N) is 3. The number of amides is 1. The molecule has 0 radical (unpaired) electrons. The van der Waals surface area contributed by atoms with E-state index in [2.05, 4.69) is 33.8 Å². The highest BCUT2D eigenvalue weighted by Gasteiger charge is 2.21. The van der Waals surface area contributed by atoms with Gasteiger partial charge in [0.1, 0.15) is 5.65 Å². The predicted molar refractivity (Wildman–Crippen MR) is 107 cm³/mol. The number of aromatic nitrogens is 3. The van der Waals surface area contributed by atoms with Crippen LogP contribution in [0, 0.1) is 0 Å². The van der Waals surface area contributed by atoms with Crippen molar-refractivity contribution in [1.29, 1.82) is 0 Å². The fraction of sp³-hybridized carbons (Fsp3) is 0.381. The minimum atomic E-state index is -0.542. The Bertz CT molecular complexity index is 988. The molecule has 3 aromatic rings. The number of primary amides is 1. The minimum Gasteiger partial charge on any atom is -0.380 e. The molecular weight excluding hydrogens is 356 g/mol. The lowest BCUT2D eigenvalue weighted by Gasteiger charge is -2.26. The summed E-state index contributed by atoms with van der Waals surface area (Å²) < 4.78 is 8.74. The van der Waals surface area contributed by atoms with Crippen molar-refractivity contribution in [2.75, 3.05) is 13.2 Å². The molecule has 7 heteroatoms. The Morgan fingerprint density at radius 1 is 1.29 bits per heavy atom. The molecule has 7 nitrogen and oxygen atoms in total. The lowest BCUT2D eigenvalue weighted by molar-refractivity contribution is 0.0998. The van der Waals surface area contributed by atoms with Crippen LogP contribution >= 0.6 is 0 Å². The van der Waals surface area contributed by atoms with E-state index in [1.807, 2.05) is 13.1 Å². The van der Waals surface area contributed by atoms with Gasteiger partial charge in [-0.25, -0.2) is 4.98 Å². The lowest BCUT2D eigenvalue weighted by atomic mass is 9.82. The molecule has 1 saturated carbocycles. The zero-order chi connectivity index (χ0) is 19.9. The van der Waals surface area contributed by atoms with Gasteiger partial charge in [0.2, 0.25) is 5.91 Å². The molecular formula is C21H26N4O3. The second-order valence-corrected chi connectivity index (χ2v) is 6.74. The fourth-order valence-electron chi connectivity index (χ4n) is 3.17. The van der Waals surface area contributed by atoms with E-state index in [4.69, 9.17) is 10.5 Å². The molecule has 0 aliphatic heterocycles. The number of fused-ring (bicyclic) bond motifs is 1. The van der Waals surface area contributed by atoms with Crippen LogP contribution in [0.3, 0.4) is 0 Å². The fourth-order valence-corrected chi connectivity index (χ4v) is 3.17. The number of imidazole rings is 1. The summed E-state index contributed by atoms with van der Waals surface area (Å²) in [6.07, 6.45) is 9.45. The highest BCUT2D eigenvalue weighted by atomic mass is 16.5. The number of rotatable bonds is 6. The first-order chi connectivity index (χ1) is 13.6.